The normalized spacial score (nSPS) is 12.5. The second-order valence-corrected chi connectivity index (χ2v) is 19.6. The van der Waals surface area contributed by atoms with Crippen LogP contribution in [0, 0.1) is 11.8 Å². The lowest BCUT2D eigenvalue weighted by Gasteiger charge is -2.18. The monoisotopic (exact) mass is 863 g/mol. The van der Waals surface area contributed by atoms with Crippen molar-refractivity contribution in [2.45, 2.75) is 310 Å². The highest BCUT2D eigenvalue weighted by molar-refractivity contribution is 5.71. The smallest absolute Gasteiger partial charge is 0.306 e. The second-order valence-electron chi connectivity index (χ2n) is 19.6. The third-order valence-corrected chi connectivity index (χ3v) is 12.8. The van der Waals surface area contributed by atoms with E-state index in [2.05, 4.69) is 34.6 Å². The van der Waals surface area contributed by atoms with E-state index in [9.17, 15) is 14.4 Å². The Morgan fingerprint density at radius 3 is 0.934 bits per heavy atom. The Bertz CT molecular complexity index is 933. The third-order valence-electron chi connectivity index (χ3n) is 12.8. The van der Waals surface area contributed by atoms with E-state index in [1.807, 2.05) is 0 Å². The molecule has 61 heavy (non-hydrogen) atoms. The van der Waals surface area contributed by atoms with Gasteiger partial charge in [0.25, 0.3) is 0 Å². The van der Waals surface area contributed by atoms with Gasteiger partial charge in [-0.05, 0) is 31.1 Å². The molecule has 6 heteroatoms. The fraction of sp³-hybridized carbons (Fsp3) is 0.945. The van der Waals surface area contributed by atoms with Gasteiger partial charge in [0.05, 0.1) is 0 Å². The summed E-state index contributed by atoms with van der Waals surface area (Å²) in [6.07, 6.45) is 49.4. The quantitative estimate of drug-likeness (QED) is 0.0344. The topological polar surface area (TPSA) is 78.9 Å². The zero-order chi connectivity index (χ0) is 44.7. The summed E-state index contributed by atoms with van der Waals surface area (Å²) in [6, 6.07) is 0. The molecule has 0 spiro atoms. The van der Waals surface area contributed by atoms with Crippen molar-refractivity contribution < 1.29 is 28.6 Å². The molecule has 0 aliphatic rings. The fourth-order valence-corrected chi connectivity index (χ4v) is 8.31. The lowest BCUT2D eigenvalue weighted by Crippen LogP contribution is -2.30. The Morgan fingerprint density at radius 2 is 0.623 bits per heavy atom. The first-order valence-electron chi connectivity index (χ1n) is 27.3. The summed E-state index contributed by atoms with van der Waals surface area (Å²) >= 11 is 0. The van der Waals surface area contributed by atoms with Gasteiger partial charge in [-0.15, -0.1) is 0 Å². The van der Waals surface area contributed by atoms with Crippen LogP contribution in [-0.4, -0.2) is 37.2 Å². The molecule has 0 aromatic heterocycles. The third kappa shape index (κ3) is 47.7. The Balaban J connectivity index is 4.24. The van der Waals surface area contributed by atoms with Gasteiger partial charge in [0.1, 0.15) is 13.2 Å². The zero-order valence-electron chi connectivity index (χ0n) is 41.8. The number of rotatable bonds is 49. The van der Waals surface area contributed by atoms with Crippen LogP contribution in [0.3, 0.4) is 0 Å². The van der Waals surface area contributed by atoms with Gasteiger partial charge in [-0.3, -0.25) is 14.4 Å². The van der Waals surface area contributed by atoms with Gasteiger partial charge < -0.3 is 14.2 Å². The first-order chi connectivity index (χ1) is 29.8. The van der Waals surface area contributed by atoms with Crippen molar-refractivity contribution in [1.29, 1.82) is 0 Å². The molecule has 2 atom stereocenters. The summed E-state index contributed by atoms with van der Waals surface area (Å²) < 4.78 is 16.8. The van der Waals surface area contributed by atoms with Crippen LogP contribution in [0.25, 0.3) is 0 Å². The van der Waals surface area contributed by atoms with Gasteiger partial charge in [-0.25, -0.2) is 0 Å². The standard InChI is InChI=1S/C55H106O6/c1-6-8-9-10-11-23-30-35-40-45-53(56)59-48-52(61-55(58)47-42-37-32-27-22-18-14-15-19-24-28-33-38-43-50(3)4)49-60-54(57)46-41-36-31-26-21-17-13-12-16-20-25-29-34-39-44-51(5)7-2/h50-52H,6-49H2,1-5H3/t51?,52-/m1/s1. The van der Waals surface area contributed by atoms with Gasteiger partial charge in [-0.2, -0.15) is 0 Å². The Morgan fingerprint density at radius 1 is 0.344 bits per heavy atom. The van der Waals surface area contributed by atoms with Crippen molar-refractivity contribution in [2.24, 2.45) is 11.8 Å². The number of ether oxygens (including phenoxy) is 3. The van der Waals surface area contributed by atoms with Gasteiger partial charge in [0, 0.05) is 19.3 Å². The van der Waals surface area contributed by atoms with E-state index in [1.165, 1.54) is 193 Å². The molecule has 0 aromatic rings. The van der Waals surface area contributed by atoms with Gasteiger partial charge in [0.2, 0.25) is 0 Å². The van der Waals surface area contributed by atoms with E-state index >= 15 is 0 Å². The summed E-state index contributed by atoms with van der Waals surface area (Å²) in [7, 11) is 0. The number of hydrogen-bond acceptors (Lipinski definition) is 6. The highest BCUT2D eigenvalue weighted by Crippen LogP contribution is 2.18. The highest BCUT2D eigenvalue weighted by atomic mass is 16.6. The average molecular weight is 863 g/mol. The number of esters is 3. The molecule has 0 saturated carbocycles. The van der Waals surface area contributed by atoms with Crippen LogP contribution >= 0.6 is 0 Å². The number of carbonyl (C=O) groups excluding carboxylic acids is 3. The molecule has 0 rings (SSSR count). The minimum absolute atomic E-state index is 0.0632. The van der Waals surface area contributed by atoms with E-state index in [4.69, 9.17) is 14.2 Å². The van der Waals surface area contributed by atoms with Crippen molar-refractivity contribution in [1.82, 2.24) is 0 Å². The minimum atomic E-state index is -0.761. The maximum absolute atomic E-state index is 12.8. The van der Waals surface area contributed by atoms with E-state index in [0.717, 1.165) is 69.6 Å². The van der Waals surface area contributed by atoms with Crippen molar-refractivity contribution in [3.63, 3.8) is 0 Å². The molecule has 6 nitrogen and oxygen atoms in total. The summed E-state index contributed by atoms with van der Waals surface area (Å²) in [5, 5.41) is 0. The van der Waals surface area contributed by atoms with Crippen molar-refractivity contribution in [2.75, 3.05) is 13.2 Å². The van der Waals surface area contributed by atoms with Crippen molar-refractivity contribution in [3.8, 4) is 0 Å². The molecule has 0 saturated heterocycles. The second kappa shape index (κ2) is 47.9. The predicted octanol–water partition coefficient (Wildman–Crippen LogP) is 17.7. The van der Waals surface area contributed by atoms with E-state index in [1.54, 1.807) is 0 Å². The van der Waals surface area contributed by atoms with Crippen LogP contribution in [-0.2, 0) is 28.6 Å². The molecule has 0 bridgehead atoms. The number of carbonyl (C=O) groups is 3. The Hall–Kier alpha value is -1.59. The summed E-state index contributed by atoms with van der Waals surface area (Å²) in [4.78, 5) is 37.9. The molecule has 0 amide bonds. The Kier molecular flexibility index (Phi) is 46.6. The van der Waals surface area contributed by atoms with Gasteiger partial charge in [-0.1, -0.05) is 266 Å². The first-order valence-corrected chi connectivity index (χ1v) is 27.3. The predicted molar refractivity (Wildman–Crippen MR) is 261 cm³/mol. The zero-order valence-corrected chi connectivity index (χ0v) is 41.8. The van der Waals surface area contributed by atoms with Crippen LogP contribution in [0.15, 0.2) is 0 Å². The molecule has 0 aromatic carbocycles. The fourth-order valence-electron chi connectivity index (χ4n) is 8.31. The van der Waals surface area contributed by atoms with Crippen LogP contribution in [0.5, 0.6) is 0 Å². The van der Waals surface area contributed by atoms with Crippen LogP contribution in [0.4, 0.5) is 0 Å². The van der Waals surface area contributed by atoms with E-state index in [-0.39, 0.29) is 31.1 Å². The number of hydrogen-bond donors (Lipinski definition) is 0. The van der Waals surface area contributed by atoms with Crippen LogP contribution < -0.4 is 0 Å². The molecule has 0 radical (unpaired) electrons. The maximum Gasteiger partial charge on any atom is 0.306 e. The molecule has 0 aliphatic carbocycles. The molecule has 1 unspecified atom stereocenters. The molecule has 362 valence electrons. The summed E-state index contributed by atoms with van der Waals surface area (Å²) in [5.41, 5.74) is 0. The van der Waals surface area contributed by atoms with E-state index < -0.39 is 6.10 Å². The SMILES string of the molecule is CCCCCCCCCCCC(=O)OC[C@H](COC(=O)CCCCCCCCCCCCCCCCC(C)CC)OC(=O)CCCCCCCCCCCCCCCC(C)C. The summed E-state index contributed by atoms with van der Waals surface area (Å²) in [6.45, 7) is 11.4. The lowest BCUT2D eigenvalue weighted by atomic mass is 9.99. The molecular formula is C55H106O6. The highest BCUT2D eigenvalue weighted by Gasteiger charge is 2.19. The maximum atomic E-state index is 12.8. The molecule has 0 aliphatic heterocycles. The number of unbranched alkanes of at least 4 members (excludes halogenated alkanes) is 33. The largest absolute Gasteiger partial charge is 0.462 e. The molecular weight excluding hydrogens is 757 g/mol. The van der Waals surface area contributed by atoms with Crippen molar-refractivity contribution >= 4 is 17.9 Å². The van der Waals surface area contributed by atoms with Crippen LogP contribution in [0.2, 0.25) is 0 Å². The molecule has 0 heterocycles. The van der Waals surface area contributed by atoms with Crippen LogP contribution in [0.1, 0.15) is 304 Å². The molecule has 0 N–H and O–H groups in total. The Labute approximate surface area is 380 Å². The molecule has 0 fully saturated rings. The van der Waals surface area contributed by atoms with E-state index in [0.29, 0.717) is 19.3 Å². The minimum Gasteiger partial charge on any atom is -0.462 e. The lowest BCUT2D eigenvalue weighted by molar-refractivity contribution is -0.167. The first kappa shape index (κ1) is 59.4. The average Bonchev–Trinajstić information content (AvgIpc) is 3.24. The van der Waals surface area contributed by atoms with Gasteiger partial charge >= 0.3 is 17.9 Å². The van der Waals surface area contributed by atoms with Crippen molar-refractivity contribution in [3.05, 3.63) is 0 Å². The summed E-state index contributed by atoms with van der Waals surface area (Å²) in [5.74, 6) is 0.888. The van der Waals surface area contributed by atoms with Gasteiger partial charge in [0.15, 0.2) is 6.10 Å².